The Hall–Kier alpha value is -4.93. The van der Waals surface area contributed by atoms with Crippen LogP contribution in [0.5, 0.6) is 0 Å². The van der Waals surface area contributed by atoms with Crippen molar-refractivity contribution >= 4 is 77.2 Å². The molecule has 0 saturated heterocycles. The van der Waals surface area contributed by atoms with Gasteiger partial charge in [0, 0.05) is 44.9 Å². The predicted octanol–water partition coefficient (Wildman–Crippen LogP) is 7.45. The molecule has 0 amide bonds. The molecular formula is C34H23Br2ClF4N4O6. The SMILES string of the molecule is COC(=O)c1c[nH]c(=O)c2cccnc12.COC(=O)c1cn(Cc2c(F)cc(Br)cc2F)c(=O)c2cccnc12.Fc1cc(Br)cc(F)c1CCl. The topological polar surface area (TPSA) is 133 Å². The molecule has 0 fully saturated rings. The lowest BCUT2D eigenvalue weighted by atomic mass is 10.1. The summed E-state index contributed by atoms with van der Waals surface area (Å²) in [5.41, 5.74) is -0.341. The molecule has 0 bridgehead atoms. The molecule has 0 saturated carbocycles. The number of H-pyrrole nitrogens is 1. The second-order valence-corrected chi connectivity index (χ2v) is 12.2. The number of aromatic amines is 1. The van der Waals surface area contributed by atoms with Crippen LogP contribution in [0.3, 0.4) is 0 Å². The summed E-state index contributed by atoms with van der Waals surface area (Å²) in [4.78, 5) is 57.8. The number of nitrogens with zero attached hydrogens (tertiary/aromatic N) is 3. The van der Waals surface area contributed by atoms with Crippen molar-refractivity contribution in [2.45, 2.75) is 12.4 Å². The van der Waals surface area contributed by atoms with Crippen LogP contribution in [0.25, 0.3) is 21.8 Å². The van der Waals surface area contributed by atoms with Gasteiger partial charge in [-0.1, -0.05) is 31.9 Å². The van der Waals surface area contributed by atoms with Crippen molar-refractivity contribution in [2.24, 2.45) is 0 Å². The molecule has 264 valence electrons. The molecule has 0 aliphatic carbocycles. The summed E-state index contributed by atoms with van der Waals surface area (Å²) < 4.78 is 64.6. The molecule has 10 nitrogen and oxygen atoms in total. The Labute approximate surface area is 307 Å². The minimum Gasteiger partial charge on any atom is -0.465 e. The maximum absolute atomic E-state index is 14.1. The maximum atomic E-state index is 14.1. The number of esters is 2. The molecule has 0 aliphatic heterocycles. The Morgan fingerprint density at radius 3 is 1.76 bits per heavy atom. The third-order valence-electron chi connectivity index (χ3n) is 6.98. The summed E-state index contributed by atoms with van der Waals surface area (Å²) in [7, 11) is 2.48. The number of alkyl halides is 1. The molecular weight excluding hydrogens is 832 g/mol. The molecule has 0 radical (unpaired) electrons. The molecule has 6 rings (SSSR count). The number of carbonyl (C=O) groups is 2. The minimum atomic E-state index is -0.801. The predicted molar refractivity (Wildman–Crippen MR) is 188 cm³/mol. The summed E-state index contributed by atoms with van der Waals surface area (Å²) in [5, 5.41) is 0.531. The van der Waals surface area contributed by atoms with Gasteiger partial charge in [-0.3, -0.25) is 19.6 Å². The summed E-state index contributed by atoms with van der Waals surface area (Å²) >= 11 is 11.2. The van der Waals surface area contributed by atoms with Gasteiger partial charge < -0.3 is 19.0 Å². The van der Waals surface area contributed by atoms with Crippen molar-refractivity contribution < 1.29 is 36.6 Å². The third-order valence-corrected chi connectivity index (χ3v) is 8.16. The van der Waals surface area contributed by atoms with Crippen LogP contribution in [0.1, 0.15) is 31.8 Å². The molecule has 0 unspecified atom stereocenters. The van der Waals surface area contributed by atoms with Crippen LogP contribution >= 0.6 is 43.5 Å². The highest BCUT2D eigenvalue weighted by atomic mass is 79.9. The van der Waals surface area contributed by atoms with Crippen molar-refractivity contribution in [3.63, 3.8) is 0 Å². The van der Waals surface area contributed by atoms with Crippen LogP contribution < -0.4 is 11.1 Å². The van der Waals surface area contributed by atoms with Gasteiger partial charge in [0.05, 0.1) is 48.5 Å². The van der Waals surface area contributed by atoms with Crippen LogP contribution in [-0.4, -0.2) is 45.7 Å². The lowest BCUT2D eigenvalue weighted by molar-refractivity contribution is 0.0593. The Kier molecular flexibility index (Phi) is 13.2. The minimum absolute atomic E-state index is 0.0376. The van der Waals surface area contributed by atoms with Gasteiger partial charge in [0.25, 0.3) is 11.1 Å². The Balaban J connectivity index is 0.000000190. The number of fused-ring (bicyclic) bond motifs is 2. The largest absolute Gasteiger partial charge is 0.465 e. The van der Waals surface area contributed by atoms with Crippen LogP contribution in [0, 0.1) is 23.3 Å². The van der Waals surface area contributed by atoms with E-state index in [0.29, 0.717) is 15.4 Å². The number of hydrogen-bond donors (Lipinski definition) is 1. The van der Waals surface area contributed by atoms with Gasteiger partial charge in [0.1, 0.15) is 34.4 Å². The first-order valence-corrected chi connectivity index (χ1v) is 16.4. The monoisotopic (exact) mass is 852 g/mol. The van der Waals surface area contributed by atoms with E-state index in [9.17, 15) is 36.7 Å². The fraction of sp³-hybridized carbons (Fsp3) is 0.118. The average Bonchev–Trinajstić information content (AvgIpc) is 3.10. The van der Waals surface area contributed by atoms with Crippen molar-refractivity contribution in [1.29, 1.82) is 0 Å². The lowest BCUT2D eigenvalue weighted by Gasteiger charge is -2.12. The number of hydrogen-bond acceptors (Lipinski definition) is 8. The highest BCUT2D eigenvalue weighted by Crippen LogP contribution is 2.22. The quantitative estimate of drug-likeness (QED) is 0.108. The maximum Gasteiger partial charge on any atom is 0.341 e. The number of ether oxygens (including phenoxy) is 2. The molecule has 4 aromatic heterocycles. The first kappa shape index (κ1) is 38.9. The summed E-state index contributed by atoms with van der Waals surface area (Å²) in [5.74, 6) is -4.21. The van der Waals surface area contributed by atoms with Crippen LogP contribution in [0.4, 0.5) is 17.6 Å². The zero-order valence-electron chi connectivity index (χ0n) is 26.3. The lowest BCUT2D eigenvalue weighted by Crippen LogP contribution is -2.24. The molecule has 51 heavy (non-hydrogen) atoms. The normalized spacial score (nSPS) is 10.5. The van der Waals surface area contributed by atoms with E-state index in [-0.39, 0.29) is 55.6 Å². The van der Waals surface area contributed by atoms with E-state index in [2.05, 4.69) is 51.5 Å². The molecule has 2 aromatic carbocycles. The fourth-order valence-corrected chi connectivity index (χ4v) is 5.60. The smallest absolute Gasteiger partial charge is 0.341 e. The molecule has 0 atom stereocenters. The third kappa shape index (κ3) is 9.06. The van der Waals surface area contributed by atoms with E-state index in [1.165, 1.54) is 63.3 Å². The van der Waals surface area contributed by atoms with Crippen LogP contribution in [0.2, 0.25) is 0 Å². The van der Waals surface area contributed by atoms with Crippen molar-refractivity contribution in [3.8, 4) is 0 Å². The van der Waals surface area contributed by atoms with Gasteiger partial charge in [-0.05, 0) is 48.5 Å². The molecule has 6 aromatic rings. The number of methoxy groups -OCH3 is 2. The summed E-state index contributed by atoms with van der Waals surface area (Å²) in [6, 6.07) is 10.8. The molecule has 17 heteroatoms. The number of benzene rings is 2. The van der Waals surface area contributed by atoms with Crippen molar-refractivity contribution in [2.75, 3.05) is 14.2 Å². The molecule has 0 aliphatic rings. The van der Waals surface area contributed by atoms with Crippen LogP contribution in [-0.2, 0) is 21.9 Å². The molecule has 4 heterocycles. The van der Waals surface area contributed by atoms with E-state index in [4.69, 9.17) is 16.3 Å². The first-order chi connectivity index (χ1) is 24.3. The van der Waals surface area contributed by atoms with Crippen molar-refractivity contribution in [1.82, 2.24) is 19.5 Å². The van der Waals surface area contributed by atoms with E-state index < -0.39 is 40.8 Å². The Bertz CT molecular complexity index is 2350. The zero-order valence-corrected chi connectivity index (χ0v) is 30.2. The number of halogens is 7. The first-order valence-electron chi connectivity index (χ1n) is 14.2. The van der Waals surface area contributed by atoms with Crippen molar-refractivity contribution in [3.05, 3.63) is 148 Å². The fourth-order valence-electron chi connectivity index (χ4n) is 4.55. The second kappa shape index (κ2) is 17.3. The molecule has 0 spiro atoms. The number of pyridine rings is 4. The number of carbonyl (C=O) groups excluding carboxylic acids is 2. The van der Waals surface area contributed by atoms with Gasteiger partial charge in [0.2, 0.25) is 0 Å². The summed E-state index contributed by atoms with van der Waals surface area (Å²) in [6.07, 6.45) is 5.47. The average molecular weight is 855 g/mol. The number of rotatable bonds is 5. The Morgan fingerprint density at radius 2 is 1.25 bits per heavy atom. The van der Waals surface area contributed by atoms with Gasteiger partial charge in [-0.25, -0.2) is 27.2 Å². The van der Waals surface area contributed by atoms with Gasteiger partial charge in [0.15, 0.2) is 0 Å². The standard InChI is InChI=1S/C17H11BrF2N2O3.C10H8N2O3.C7H4BrClF2/c1-25-17(24)12-8-22(16(23)10-3-2-4-21-15(10)12)7-11-13(19)5-9(18)6-14(11)20;1-15-10(14)7-5-12-9(13)6-3-2-4-11-8(6)7;8-4-1-6(10)5(3-9)7(11)2-4/h2-6,8H,7H2,1H3;2-5H,1H3,(H,12,13);1-2H,3H2. The highest BCUT2D eigenvalue weighted by Gasteiger charge is 2.19. The van der Waals surface area contributed by atoms with E-state index >= 15 is 0 Å². The van der Waals surface area contributed by atoms with Crippen LogP contribution in [0.15, 0.2) is 91.9 Å². The number of aromatic nitrogens is 4. The van der Waals surface area contributed by atoms with Gasteiger partial charge >= 0.3 is 11.9 Å². The van der Waals surface area contributed by atoms with Gasteiger partial charge in [-0.2, -0.15) is 0 Å². The van der Waals surface area contributed by atoms with E-state index in [0.717, 1.165) is 16.7 Å². The zero-order chi connectivity index (χ0) is 37.4. The Morgan fingerprint density at radius 1 is 0.784 bits per heavy atom. The van der Waals surface area contributed by atoms with E-state index in [1.807, 2.05) is 0 Å². The highest BCUT2D eigenvalue weighted by molar-refractivity contribution is 9.10. The second-order valence-electron chi connectivity index (χ2n) is 10.1. The molecule has 1 N–H and O–H groups in total. The number of nitrogens with one attached hydrogen (secondary N) is 1. The van der Waals surface area contributed by atoms with E-state index in [1.54, 1.807) is 12.1 Å². The van der Waals surface area contributed by atoms with Gasteiger partial charge in [-0.15, -0.1) is 11.6 Å². The summed E-state index contributed by atoms with van der Waals surface area (Å²) in [6.45, 7) is -0.376.